The van der Waals surface area contributed by atoms with Crippen LogP contribution >= 0.6 is 0 Å². The first kappa shape index (κ1) is 18.7. The number of halogens is 3. The van der Waals surface area contributed by atoms with Crippen LogP contribution in [0.1, 0.15) is 11.1 Å². The quantitative estimate of drug-likeness (QED) is 0.763. The molecule has 1 aliphatic rings. The summed E-state index contributed by atoms with van der Waals surface area (Å²) < 4.78 is 67.5. The molecule has 0 unspecified atom stereocenters. The number of hydrogen-bond acceptors (Lipinski definition) is 3. The lowest BCUT2D eigenvalue weighted by Gasteiger charge is -2.35. The molecule has 3 rings (SSSR count). The number of nitrogens with zero attached hydrogens (tertiary/aromatic N) is 2. The van der Waals surface area contributed by atoms with Crippen molar-refractivity contribution in [1.82, 2.24) is 4.31 Å². The van der Waals surface area contributed by atoms with E-state index in [1.54, 1.807) is 25.1 Å². The Morgan fingerprint density at radius 3 is 2.15 bits per heavy atom. The molecule has 26 heavy (non-hydrogen) atoms. The molecule has 1 heterocycles. The molecule has 0 atom stereocenters. The minimum atomic E-state index is -3.66. The van der Waals surface area contributed by atoms with Crippen LogP contribution in [-0.4, -0.2) is 38.9 Å². The van der Waals surface area contributed by atoms with Gasteiger partial charge >= 0.3 is 0 Å². The summed E-state index contributed by atoms with van der Waals surface area (Å²) in [6.45, 7) is 4.27. The van der Waals surface area contributed by atoms with E-state index in [9.17, 15) is 21.6 Å². The summed E-state index contributed by atoms with van der Waals surface area (Å²) in [6, 6.07) is 7.17. The predicted molar refractivity (Wildman–Crippen MR) is 93.2 cm³/mol. The maximum atomic E-state index is 13.9. The Hall–Kier alpha value is -2.06. The van der Waals surface area contributed by atoms with Gasteiger partial charge in [0.05, 0.1) is 10.6 Å². The van der Waals surface area contributed by atoms with Crippen molar-refractivity contribution >= 4 is 15.7 Å². The smallest absolute Gasteiger partial charge is 0.243 e. The zero-order valence-corrected chi connectivity index (χ0v) is 15.3. The summed E-state index contributed by atoms with van der Waals surface area (Å²) >= 11 is 0. The highest BCUT2D eigenvalue weighted by molar-refractivity contribution is 7.89. The lowest BCUT2D eigenvalue weighted by molar-refractivity contribution is 0.380. The molecule has 1 saturated heterocycles. The van der Waals surface area contributed by atoms with E-state index in [0.717, 1.165) is 11.6 Å². The van der Waals surface area contributed by atoms with Crippen molar-refractivity contribution in [3.63, 3.8) is 0 Å². The van der Waals surface area contributed by atoms with Gasteiger partial charge in [-0.25, -0.2) is 21.6 Å². The molecule has 2 aromatic rings. The minimum Gasteiger partial charge on any atom is -0.366 e. The minimum absolute atomic E-state index is 0.0625. The van der Waals surface area contributed by atoms with Crippen LogP contribution in [0.3, 0.4) is 0 Å². The fourth-order valence-electron chi connectivity index (χ4n) is 3.16. The molecular formula is C18H19F3N2O2S. The van der Waals surface area contributed by atoms with E-state index in [2.05, 4.69) is 0 Å². The van der Waals surface area contributed by atoms with Crippen molar-refractivity contribution in [2.75, 3.05) is 31.1 Å². The lowest BCUT2D eigenvalue weighted by atomic mass is 10.2. The van der Waals surface area contributed by atoms with Crippen molar-refractivity contribution in [3.05, 3.63) is 58.9 Å². The molecule has 4 nitrogen and oxygen atoms in total. The lowest BCUT2D eigenvalue weighted by Crippen LogP contribution is -2.49. The van der Waals surface area contributed by atoms with Gasteiger partial charge in [-0.15, -0.1) is 0 Å². The van der Waals surface area contributed by atoms with Crippen LogP contribution in [0, 0.1) is 31.3 Å². The average Bonchev–Trinajstić information content (AvgIpc) is 2.60. The Morgan fingerprint density at radius 2 is 1.54 bits per heavy atom. The van der Waals surface area contributed by atoms with Crippen LogP contribution in [0.25, 0.3) is 0 Å². The highest BCUT2D eigenvalue weighted by Gasteiger charge is 2.31. The third-order valence-electron chi connectivity index (χ3n) is 4.54. The summed E-state index contributed by atoms with van der Waals surface area (Å²) in [6.07, 6.45) is 0. The Morgan fingerprint density at radius 1 is 0.885 bits per heavy atom. The number of benzene rings is 2. The topological polar surface area (TPSA) is 40.6 Å². The first-order chi connectivity index (χ1) is 12.2. The largest absolute Gasteiger partial charge is 0.366 e. The first-order valence-electron chi connectivity index (χ1n) is 8.17. The summed E-state index contributed by atoms with van der Waals surface area (Å²) in [5.41, 5.74) is 1.58. The van der Waals surface area contributed by atoms with Gasteiger partial charge < -0.3 is 4.90 Å². The molecule has 0 N–H and O–H groups in total. The average molecular weight is 384 g/mol. The van der Waals surface area contributed by atoms with Crippen LogP contribution in [0.5, 0.6) is 0 Å². The Kier molecular flexibility index (Phi) is 4.98. The normalized spacial score (nSPS) is 16.1. The van der Waals surface area contributed by atoms with Crippen LogP contribution in [0.4, 0.5) is 18.9 Å². The van der Waals surface area contributed by atoms with Crippen LogP contribution in [0.15, 0.2) is 35.2 Å². The number of aryl methyl sites for hydroxylation is 2. The van der Waals surface area contributed by atoms with E-state index in [0.29, 0.717) is 5.56 Å². The predicted octanol–water partition coefficient (Wildman–Crippen LogP) is 3.23. The SMILES string of the molecule is Cc1ccc(S(=O)(=O)N2CCN(c3ccc(F)c(F)c3F)CC2)c(C)c1. The van der Waals surface area contributed by atoms with E-state index in [1.807, 2.05) is 6.92 Å². The zero-order chi connectivity index (χ0) is 19.1. The second-order valence-electron chi connectivity index (χ2n) is 6.35. The number of anilines is 1. The molecule has 140 valence electrons. The fourth-order valence-corrected chi connectivity index (χ4v) is 4.79. The van der Waals surface area contributed by atoms with E-state index >= 15 is 0 Å². The number of sulfonamides is 1. The summed E-state index contributed by atoms with van der Waals surface area (Å²) in [4.78, 5) is 1.77. The third-order valence-corrected chi connectivity index (χ3v) is 6.60. The first-order valence-corrected chi connectivity index (χ1v) is 9.61. The fraction of sp³-hybridized carbons (Fsp3) is 0.333. The van der Waals surface area contributed by atoms with Crippen LogP contribution < -0.4 is 4.90 Å². The molecule has 1 fully saturated rings. The molecular weight excluding hydrogens is 365 g/mol. The molecule has 0 aliphatic carbocycles. The van der Waals surface area contributed by atoms with Gasteiger partial charge in [-0.1, -0.05) is 17.7 Å². The maximum absolute atomic E-state index is 13.9. The Balaban J connectivity index is 1.79. The molecule has 0 aromatic heterocycles. The molecule has 1 aliphatic heterocycles. The van der Waals surface area contributed by atoms with Gasteiger partial charge in [0, 0.05) is 26.2 Å². The van der Waals surface area contributed by atoms with E-state index in [4.69, 9.17) is 0 Å². The van der Waals surface area contributed by atoms with Gasteiger partial charge in [0.25, 0.3) is 0 Å². The van der Waals surface area contributed by atoms with E-state index < -0.39 is 27.5 Å². The summed E-state index contributed by atoms with van der Waals surface area (Å²) in [7, 11) is -3.66. The Labute approximate surface area is 150 Å². The number of piperazine rings is 1. The third kappa shape index (κ3) is 3.31. The molecule has 2 aromatic carbocycles. The molecule has 8 heteroatoms. The van der Waals surface area contributed by atoms with E-state index in [1.165, 1.54) is 15.3 Å². The second kappa shape index (κ2) is 6.92. The molecule has 0 radical (unpaired) electrons. The Bertz CT molecular complexity index is 940. The second-order valence-corrected chi connectivity index (χ2v) is 8.26. The number of hydrogen-bond donors (Lipinski definition) is 0. The van der Waals surface area contributed by atoms with Crippen molar-refractivity contribution in [2.45, 2.75) is 18.7 Å². The highest BCUT2D eigenvalue weighted by Crippen LogP contribution is 2.27. The van der Waals surface area contributed by atoms with Crippen LogP contribution in [-0.2, 0) is 10.0 Å². The molecule has 0 amide bonds. The van der Waals surface area contributed by atoms with Gasteiger partial charge in [0.2, 0.25) is 10.0 Å². The monoisotopic (exact) mass is 384 g/mol. The van der Waals surface area contributed by atoms with Crippen LogP contribution in [0.2, 0.25) is 0 Å². The van der Waals surface area contributed by atoms with Crippen molar-refractivity contribution < 1.29 is 21.6 Å². The zero-order valence-electron chi connectivity index (χ0n) is 14.5. The van der Waals surface area contributed by atoms with Crippen molar-refractivity contribution in [2.24, 2.45) is 0 Å². The maximum Gasteiger partial charge on any atom is 0.243 e. The summed E-state index contributed by atoms with van der Waals surface area (Å²) in [5, 5.41) is 0. The van der Waals surface area contributed by atoms with Gasteiger partial charge in [0.15, 0.2) is 17.5 Å². The van der Waals surface area contributed by atoms with Gasteiger partial charge in [-0.05, 0) is 37.6 Å². The van der Waals surface area contributed by atoms with E-state index in [-0.39, 0.29) is 36.8 Å². The van der Waals surface area contributed by atoms with Crippen molar-refractivity contribution in [3.8, 4) is 0 Å². The molecule has 0 bridgehead atoms. The highest BCUT2D eigenvalue weighted by atomic mass is 32.2. The standard InChI is InChI=1S/C18H19F3N2O2S/c1-12-3-6-16(13(2)11-12)26(24,25)23-9-7-22(8-10-23)15-5-4-14(19)17(20)18(15)21/h3-6,11H,7-10H2,1-2H3. The van der Waals surface area contributed by atoms with Gasteiger partial charge in [-0.2, -0.15) is 4.31 Å². The summed E-state index contributed by atoms with van der Waals surface area (Å²) in [5.74, 6) is -4.02. The van der Waals surface area contributed by atoms with Crippen molar-refractivity contribution in [1.29, 1.82) is 0 Å². The van der Waals surface area contributed by atoms with Gasteiger partial charge in [-0.3, -0.25) is 0 Å². The van der Waals surface area contributed by atoms with Gasteiger partial charge in [0.1, 0.15) is 0 Å². The number of rotatable bonds is 3. The molecule has 0 spiro atoms. The molecule has 0 saturated carbocycles.